The predicted molar refractivity (Wildman–Crippen MR) is 129 cm³/mol. The summed E-state index contributed by atoms with van der Waals surface area (Å²) in [7, 11) is 1.97. The molecule has 1 atom stereocenters. The SMILES string of the molecule is CCOCCCNC(=NCc1nnc(C)n1C)NCCCN1CCCCC1C.I. The van der Waals surface area contributed by atoms with Crippen LogP contribution in [0.1, 0.15) is 57.6 Å². The number of aliphatic imine (C=N–C) groups is 1. The molecule has 0 radical (unpaired) electrons. The van der Waals surface area contributed by atoms with Crippen LogP contribution in [0.2, 0.25) is 0 Å². The van der Waals surface area contributed by atoms with Gasteiger partial charge in [0, 0.05) is 45.9 Å². The highest BCUT2D eigenvalue weighted by Crippen LogP contribution is 2.16. The third-order valence-electron chi connectivity index (χ3n) is 5.38. The summed E-state index contributed by atoms with van der Waals surface area (Å²) >= 11 is 0. The van der Waals surface area contributed by atoms with Crippen molar-refractivity contribution in [2.75, 3.05) is 39.4 Å². The van der Waals surface area contributed by atoms with E-state index < -0.39 is 0 Å². The number of likely N-dealkylation sites (tertiary alicyclic amines) is 1. The first kappa shape index (κ1) is 26.1. The number of guanidine groups is 1. The highest BCUT2D eigenvalue weighted by Gasteiger charge is 2.17. The fraction of sp³-hybridized carbons (Fsp3) is 0.850. The second kappa shape index (κ2) is 15.0. The number of aryl methyl sites for hydroxylation is 1. The Kier molecular flexibility index (Phi) is 13.5. The fourth-order valence-electron chi connectivity index (χ4n) is 3.42. The molecule has 0 amide bonds. The highest BCUT2D eigenvalue weighted by atomic mass is 127. The molecule has 2 heterocycles. The van der Waals surface area contributed by atoms with E-state index >= 15 is 0 Å². The van der Waals surface area contributed by atoms with Gasteiger partial charge < -0.3 is 24.8 Å². The van der Waals surface area contributed by atoms with Crippen LogP contribution in [0.15, 0.2) is 4.99 Å². The molecular weight excluding hydrogens is 481 g/mol. The van der Waals surface area contributed by atoms with Gasteiger partial charge in [0.05, 0.1) is 0 Å². The zero-order valence-electron chi connectivity index (χ0n) is 18.6. The van der Waals surface area contributed by atoms with Crippen molar-refractivity contribution < 1.29 is 4.74 Å². The molecule has 29 heavy (non-hydrogen) atoms. The lowest BCUT2D eigenvalue weighted by atomic mass is 10.0. The van der Waals surface area contributed by atoms with Gasteiger partial charge in [-0.25, -0.2) is 4.99 Å². The van der Waals surface area contributed by atoms with Crippen molar-refractivity contribution in [1.82, 2.24) is 30.3 Å². The number of aromatic nitrogens is 3. The topological polar surface area (TPSA) is 79.6 Å². The monoisotopic (exact) mass is 521 g/mol. The first-order chi connectivity index (χ1) is 13.6. The lowest BCUT2D eigenvalue weighted by Crippen LogP contribution is -2.41. The molecule has 168 valence electrons. The van der Waals surface area contributed by atoms with Gasteiger partial charge in [0.15, 0.2) is 11.8 Å². The number of nitrogens with zero attached hydrogens (tertiary/aromatic N) is 5. The lowest BCUT2D eigenvalue weighted by Gasteiger charge is -2.33. The van der Waals surface area contributed by atoms with Crippen molar-refractivity contribution in [1.29, 1.82) is 0 Å². The van der Waals surface area contributed by atoms with Gasteiger partial charge in [-0.05, 0) is 53.0 Å². The zero-order valence-corrected chi connectivity index (χ0v) is 20.9. The lowest BCUT2D eigenvalue weighted by molar-refractivity contribution is 0.145. The molecule has 1 fully saturated rings. The molecule has 2 N–H and O–H groups in total. The summed E-state index contributed by atoms with van der Waals surface area (Å²) in [6, 6.07) is 0.720. The molecule has 1 aromatic heterocycles. The minimum Gasteiger partial charge on any atom is -0.382 e. The molecule has 1 unspecified atom stereocenters. The second-order valence-corrected chi connectivity index (χ2v) is 7.53. The summed E-state index contributed by atoms with van der Waals surface area (Å²) < 4.78 is 7.39. The minimum atomic E-state index is 0. The van der Waals surface area contributed by atoms with E-state index in [0.717, 1.165) is 69.3 Å². The molecule has 9 heteroatoms. The molecule has 0 spiro atoms. The molecule has 1 aliphatic heterocycles. The highest BCUT2D eigenvalue weighted by molar-refractivity contribution is 14.0. The second-order valence-electron chi connectivity index (χ2n) is 7.53. The summed E-state index contributed by atoms with van der Waals surface area (Å²) in [5.74, 6) is 2.61. The van der Waals surface area contributed by atoms with Crippen LogP contribution in [0.3, 0.4) is 0 Å². The maximum atomic E-state index is 5.41. The van der Waals surface area contributed by atoms with Gasteiger partial charge >= 0.3 is 0 Å². The summed E-state index contributed by atoms with van der Waals surface area (Å²) in [5.41, 5.74) is 0. The molecule has 0 aromatic carbocycles. The van der Waals surface area contributed by atoms with E-state index in [2.05, 4.69) is 32.7 Å². The van der Waals surface area contributed by atoms with Crippen molar-refractivity contribution in [2.24, 2.45) is 12.0 Å². The van der Waals surface area contributed by atoms with E-state index in [-0.39, 0.29) is 24.0 Å². The Morgan fingerprint density at radius 2 is 1.97 bits per heavy atom. The molecule has 0 bridgehead atoms. The Bertz CT molecular complexity index is 593. The zero-order chi connectivity index (χ0) is 20.2. The van der Waals surface area contributed by atoms with Crippen molar-refractivity contribution in [2.45, 2.75) is 65.5 Å². The van der Waals surface area contributed by atoms with E-state index in [1.807, 2.05) is 25.5 Å². The summed E-state index contributed by atoms with van der Waals surface area (Å²) in [6.07, 6.45) is 6.12. The van der Waals surface area contributed by atoms with Crippen LogP contribution in [0.25, 0.3) is 0 Å². The van der Waals surface area contributed by atoms with Crippen LogP contribution in [-0.2, 0) is 18.3 Å². The van der Waals surface area contributed by atoms with Crippen molar-refractivity contribution >= 4 is 29.9 Å². The molecule has 1 aromatic rings. The normalized spacial score (nSPS) is 17.8. The molecule has 0 aliphatic carbocycles. The Hall–Kier alpha value is -0.940. The van der Waals surface area contributed by atoms with Crippen LogP contribution in [0.5, 0.6) is 0 Å². The van der Waals surface area contributed by atoms with Gasteiger partial charge in [-0.2, -0.15) is 0 Å². The van der Waals surface area contributed by atoms with Gasteiger partial charge in [0.25, 0.3) is 0 Å². The van der Waals surface area contributed by atoms with E-state index in [1.165, 1.54) is 25.8 Å². The Morgan fingerprint density at radius 3 is 2.62 bits per heavy atom. The Balaban J connectivity index is 0.00000420. The number of rotatable bonds is 11. The number of ether oxygens (including phenoxy) is 1. The van der Waals surface area contributed by atoms with Gasteiger partial charge in [0.1, 0.15) is 12.4 Å². The van der Waals surface area contributed by atoms with Crippen LogP contribution >= 0.6 is 24.0 Å². The molecule has 1 aliphatic rings. The summed E-state index contributed by atoms with van der Waals surface area (Å²) in [6.45, 7) is 12.5. The average molecular weight is 521 g/mol. The summed E-state index contributed by atoms with van der Waals surface area (Å²) in [5, 5.41) is 15.2. The van der Waals surface area contributed by atoms with Gasteiger partial charge in [-0.1, -0.05) is 6.42 Å². The van der Waals surface area contributed by atoms with Crippen molar-refractivity contribution in [3.05, 3.63) is 11.6 Å². The van der Waals surface area contributed by atoms with Crippen molar-refractivity contribution in [3.8, 4) is 0 Å². The Morgan fingerprint density at radius 1 is 1.21 bits per heavy atom. The number of piperidine rings is 1. The van der Waals surface area contributed by atoms with E-state index in [9.17, 15) is 0 Å². The van der Waals surface area contributed by atoms with E-state index in [4.69, 9.17) is 9.73 Å². The van der Waals surface area contributed by atoms with E-state index in [0.29, 0.717) is 6.54 Å². The van der Waals surface area contributed by atoms with Crippen molar-refractivity contribution in [3.63, 3.8) is 0 Å². The third-order valence-corrected chi connectivity index (χ3v) is 5.38. The number of hydrogen-bond acceptors (Lipinski definition) is 5. The van der Waals surface area contributed by atoms with Gasteiger partial charge in [0.2, 0.25) is 0 Å². The molecular formula is C20H40IN7O. The van der Waals surface area contributed by atoms with Crippen LogP contribution in [0.4, 0.5) is 0 Å². The molecule has 2 rings (SSSR count). The average Bonchev–Trinajstić information content (AvgIpc) is 3.01. The van der Waals surface area contributed by atoms with Crippen LogP contribution in [0, 0.1) is 6.92 Å². The quantitative estimate of drug-likeness (QED) is 0.202. The predicted octanol–water partition coefficient (Wildman–Crippen LogP) is 2.47. The van der Waals surface area contributed by atoms with Gasteiger partial charge in [-0.15, -0.1) is 34.2 Å². The number of halogens is 1. The summed E-state index contributed by atoms with van der Waals surface area (Å²) in [4.78, 5) is 7.31. The van der Waals surface area contributed by atoms with Gasteiger partial charge in [-0.3, -0.25) is 0 Å². The molecule has 1 saturated heterocycles. The van der Waals surface area contributed by atoms with E-state index in [1.54, 1.807) is 0 Å². The minimum absolute atomic E-state index is 0. The smallest absolute Gasteiger partial charge is 0.191 e. The fourth-order valence-corrected chi connectivity index (χ4v) is 3.42. The maximum absolute atomic E-state index is 5.41. The largest absolute Gasteiger partial charge is 0.382 e. The molecule has 8 nitrogen and oxygen atoms in total. The Labute approximate surface area is 193 Å². The molecule has 0 saturated carbocycles. The standard InChI is InChI=1S/C20H39N7O.HI/c1-5-28-15-9-12-22-20(23-16-19-25-24-18(3)26(19)4)21-11-8-14-27-13-7-6-10-17(27)2;/h17H,5-16H2,1-4H3,(H2,21,22,23);1H. The number of hydrogen-bond donors (Lipinski definition) is 2. The number of nitrogens with one attached hydrogen (secondary N) is 2. The van der Waals surface area contributed by atoms with Crippen LogP contribution < -0.4 is 10.6 Å². The first-order valence-electron chi connectivity index (χ1n) is 10.8. The first-order valence-corrected chi connectivity index (χ1v) is 10.8. The van der Waals surface area contributed by atoms with Crippen LogP contribution in [-0.4, -0.2) is 71.1 Å². The third kappa shape index (κ3) is 9.61. The maximum Gasteiger partial charge on any atom is 0.191 e.